The number of piperidine rings is 1. The monoisotopic (exact) mass is 496 g/mol. The lowest BCUT2D eigenvalue weighted by atomic mass is 9.92. The van der Waals surface area contributed by atoms with Crippen LogP contribution >= 0.6 is 0 Å². The zero-order valence-corrected chi connectivity index (χ0v) is 21.3. The molecule has 6 nitrogen and oxygen atoms in total. The Kier molecular flexibility index (Phi) is 5.93. The van der Waals surface area contributed by atoms with Crippen molar-refractivity contribution in [3.63, 3.8) is 0 Å². The zero-order chi connectivity index (χ0) is 25.5. The maximum absolute atomic E-state index is 6.23. The second-order valence-electron chi connectivity index (χ2n) is 10.5. The van der Waals surface area contributed by atoms with Gasteiger partial charge in [-0.2, -0.15) is 9.61 Å². The van der Waals surface area contributed by atoms with Crippen molar-refractivity contribution in [3.05, 3.63) is 107 Å². The van der Waals surface area contributed by atoms with E-state index in [4.69, 9.17) is 12.8 Å². The first-order valence-corrected chi connectivity index (χ1v) is 13.4. The van der Waals surface area contributed by atoms with Gasteiger partial charge in [0, 0.05) is 49.4 Å². The van der Waals surface area contributed by atoms with Gasteiger partial charge in [0.2, 0.25) is 0 Å². The molecular weight excluding hydrogens is 467 g/mol. The molecule has 7 heteroatoms. The van der Waals surface area contributed by atoms with Crippen molar-refractivity contribution in [2.75, 3.05) is 18.4 Å². The molecule has 0 spiro atoms. The topological polar surface area (TPSA) is 58.4 Å². The Bertz CT molecular complexity index is 1600. The van der Waals surface area contributed by atoms with Crippen molar-refractivity contribution in [2.24, 2.45) is 0 Å². The molecule has 0 atom stereocenters. The van der Waals surface area contributed by atoms with Crippen molar-refractivity contribution in [3.8, 4) is 11.1 Å². The largest absolute Gasteiger partial charge is 0.366 e. The van der Waals surface area contributed by atoms with Crippen molar-refractivity contribution in [1.82, 2.24) is 24.5 Å². The Morgan fingerprint density at radius 1 is 0.895 bits per heavy atom. The molecule has 1 N–H and O–H groups in total. The fourth-order valence-electron chi connectivity index (χ4n) is 5.97. The van der Waals surface area contributed by atoms with Crippen LogP contribution in [-0.2, 0) is 19.5 Å². The molecule has 2 aromatic carbocycles. The summed E-state index contributed by atoms with van der Waals surface area (Å²) in [6.45, 7) is 3.77. The van der Waals surface area contributed by atoms with Gasteiger partial charge in [0.25, 0.3) is 0 Å². The lowest BCUT2D eigenvalue weighted by Gasteiger charge is -2.32. The van der Waals surface area contributed by atoms with Crippen LogP contribution in [0.3, 0.4) is 0 Å². The summed E-state index contributed by atoms with van der Waals surface area (Å²) in [5, 5.41) is 7.98. The van der Waals surface area contributed by atoms with E-state index >= 15 is 0 Å². The standard InChI is InChI=1S/C31H29BN6/c32-28-19-35-38-30(34-18-22-4-3-11-33-17-22)16-29(36-31(28)38)23-9-12-37(13-10-23)20-21-7-8-27-25(14-21)15-24-5-1-2-6-26(24)27/h1-8,11,14,16-17,19,23,34H,9-10,12-13,15,18,20H2. The third-order valence-electron chi connectivity index (χ3n) is 7.99. The molecule has 7 rings (SSSR count). The number of hydrogen-bond acceptors (Lipinski definition) is 5. The quantitative estimate of drug-likeness (QED) is 0.345. The molecule has 38 heavy (non-hydrogen) atoms. The first-order valence-electron chi connectivity index (χ1n) is 13.4. The van der Waals surface area contributed by atoms with E-state index < -0.39 is 0 Å². The second kappa shape index (κ2) is 9.73. The Labute approximate surface area is 224 Å². The van der Waals surface area contributed by atoms with Gasteiger partial charge in [0.15, 0.2) is 0 Å². The molecule has 1 saturated heterocycles. The van der Waals surface area contributed by atoms with Crippen LogP contribution in [0.4, 0.5) is 5.82 Å². The van der Waals surface area contributed by atoms with Crippen LogP contribution in [0.1, 0.15) is 46.7 Å². The van der Waals surface area contributed by atoms with Gasteiger partial charge in [-0.25, -0.2) is 4.98 Å². The zero-order valence-electron chi connectivity index (χ0n) is 21.3. The van der Waals surface area contributed by atoms with Crippen LogP contribution < -0.4 is 10.8 Å². The van der Waals surface area contributed by atoms with Crippen LogP contribution in [-0.4, -0.2) is 45.4 Å². The van der Waals surface area contributed by atoms with E-state index in [1.54, 1.807) is 16.9 Å². The highest BCUT2D eigenvalue weighted by atomic mass is 15.3. The lowest BCUT2D eigenvalue weighted by molar-refractivity contribution is 0.203. The van der Waals surface area contributed by atoms with E-state index in [9.17, 15) is 0 Å². The summed E-state index contributed by atoms with van der Waals surface area (Å²) >= 11 is 0. The predicted molar refractivity (Wildman–Crippen MR) is 152 cm³/mol. The molecule has 1 aliphatic carbocycles. The summed E-state index contributed by atoms with van der Waals surface area (Å²) in [4.78, 5) is 11.7. The highest BCUT2D eigenvalue weighted by molar-refractivity contribution is 6.36. The molecule has 0 saturated carbocycles. The number of pyridine rings is 1. The smallest absolute Gasteiger partial charge is 0.150 e. The van der Waals surface area contributed by atoms with Crippen molar-refractivity contribution >= 4 is 24.8 Å². The van der Waals surface area contributed by atoms with E-state index in [0.717, 1.165) is 61.6 Å². The Balaban J connectivity index is 1.04. The third-order valence-corrected chi connectivity index (χ3v) is 7.99. The first kappa shape index (κ1) is 23.2. The molecule has 1 aliphatic heterocycles. The molecule has 2 aliphatic rings. The van der Waals surface area contributed by atoms with E-state index in [-0.39, 0.29) is 0 Å². The number of fused-ring (bicyclic) bond motifs is 4. The average Bonchev–Trinajstić information content (AvgIpc) is 3.52. The summed E-state index contributed by atoms with van der Waals surface area (Å²) in [5.74, 6) is 1.31. The number of benzene rings is 2. The fourth-order valence-corrected chi connectivity index (χ4v) is 5.97. The SMILES string of the molecule is [B]c1cnn2c(NCc3cccnc3)cc(C3CCN(Cc4ccc5c(c4)Cc4ccccc4-5)CC3)nc12. The fraction of sp³-hybridized carbons (Fsp3) is 0.258. The summed E-state index contributed by atoms with van der Waals surface area (Å²) in [6, 6.07) is 22.0. The lowest BCUT2D eigenvalue weighted by Crippen LogP contribution is -2.32. The summed E-state index contributed by atoms with van der Waals surface area (Å²) < 4.78 is 1.80. The Hall–Kier alpha value is -3.97. The van der Waals surface area contributed by atoms with Gasteiger partial charge in [-0.3, -0.25) is 9.88 Å². The van der Waals surface area contributed by atoms with Gasteiger partial charge in [-0.05, 0) is 77.3 Å². The highest BCUT2D eigenvalue weighted by Crippen LogP contribution is 2.37. The molecule has 1 fully saturated rings. The minimum Gasteiger partial charge on any atom is -0.366 e. The average molecular weight is 496 g/mol. The number of hydrogen-bond donors (Lipinski definition) is 1. The van der Waals surface area contributed by atoms with Crippen LogP contribution in [0.25, 0.3) is 16.8 Å². The van der Waals surface area contributed by atoms with E-state index in [0.29, 0.717) is 17.9 Å². The predicted octanol–water partition coefficient (Wildman–Crippen LogP) is 4.48. The molecular formula is C31H29BN6. The molecule has 5 aromatic rings. The van der Waals surface area contributed by atoms with Crippen LogP contribution in [0.2, 0.25) is 0 Å². The van der Waals surface area contributed by atoms with E-state index in [1.807, 2.05) is 12.3 Å². The number of rotatable bonds is 6. The van der Waals surface area contributed by atoms with Gasteiger partial charge in [0.1, 0.15) is 19.3 Å². The van der Waals surface area contributed by atoms with Crippen molar-refractivity contribution in [1.29, 1.82) is 0 Å². The second-order valence-corrected chi connectivity index (χ2v) is 10.5. The van der Waals surface area contributed by atoms with Gasteiger partial charge in [-0.15, -0.1) is 0 Å². The molecule has 0 unspecified atom stereocenters. The minimum atomic E-state index is 0.402. The van der Waals surface area contributed by atoms with Gasteiger partial charge in [-0.1, -0.05) is 48.5 Å². The van der Waals surface area contributed by atoms with Crippen molar-refractivity contribution in [2.45, 2.75) is 38.3 Å². The maximum atomic E-state index is 6.23. The maximum Gasteiger partial charge on any atom is 0.150 e. The number of aromatic nitrogens is 4. The number of likely N-dealkylation sites (tertiary alicyclic amines) is 1. The van der Waals surface area contributed by atoms with Gasteiger partial charge in [0.05, 0.1) is 0 Å². The minimum absolute atomic E-state index is 0.402. The Morgan fingerprint density at radius 3 is 2.63 bits per heavy atom. The summed E-state index contributed by atoms with van der Waals surface area (Å²) in [7, 11) is 6.23. The molecule has 186 valence electrons. The van der Waals surface area contributed by atoms with E-state index in [2.05, 4.69) is 74.9 Å². The molecule has 0 amide bonds. The van der Waals surface area contributed by atoms with Gasteiger partial charge >= 0.3 is 0 Å². The molecule has 2 radical (unpaired) electrons. The van der Waals surface area contributed by atoms with Gasteiger partial charge < -0.3 is 5.32 Å². The number of nitrogens with one attached hydrogen (secondary N) is 1. The first-order chi connectivity index (χ1) is 18.7. The normalized spacial score (nSPS) is 15.5. The van der Waals surface area contributed by atoms with Crippen LogP contribution in [0.15, 0.2) is 79.3 Å². The molecule has 3 aromatic heterocycles. The number of nitrogens with zero attached hydrogens (tertiary/aromatic N) is 5. The van der Waals surface area contributed by atoms with Crippen LogP contribution in [0, 0.1) is 0 Å². The summed E-state index contributed by atoms with van der Waals surface area (Å²) in [5.41, 5.74) is 10.6. The molecule has 0 bridgehead atoms. The van der Waals surface area contributed by atoms with E-state index in [1.165, 1.54) is 27.8 Å². The third kappa shape index (κ3) is 4.37. The highest BCUT2D eigenvalue weighted by Gasteiger charge is 2.24. The Morgan fingerprint density at radius 2 is 1.76 bits per heavy atom. The van der Waals surface area contributed by atoms with Crippen LogP contribution in [0.5, 0.6) is 0 Å². The summed E-state index contributed by atoms with van der Waals surface area (Å²) in [6.07, 6.45) is 8.55. The molecule has 4 heterocycles. The van der Waals surface area contributed by atoms with Crippen molar-refractivity contribution < 1.29 is 0 Å². The number of anilines is 1.